The SMILES string of the molecule is CC(/C=C/CO)=C\[C@@H](O[Si](C)(C)C(C)(C)C)[C@@H](C)C(=O)[C@H](C)OC(=O)c1ccccc1. The molecule has 0 saturated heterocycles. The van der Waals surface area contributed by atoms with E-state index in [4.69, 9.17) is 14.3 Å². The Balaban J connectivity index is 3.08. The highest BCUT2D eigenvalue weighted by Crippen LogP contribution is 2.38. The van der Waals surface area contributed by atoms with Gasteiger partial charge in [0.2, 0.25) is 0 Å². The van der Waals surface area contributed by atoms with Gasteiger partial charge in [-0.3, -0.25) is 4.79 Å². The molecule has 1 N–H and O–H groups in total. The van der Waals surface area contributed by atoms with Gasteiger partial charge in [0.05, 0.1) is 18.3 Å². The normalized spacial score (nSPS) is 16.1. The second-order valence-corrected chi connectivity index (χ2v) is 14.2. The number of carbonyl (C=O) groups excluding carboxylic acids is 2. The summed E-state index contributed by atoms with van der Waals surface area (Å²) < 4.78 is 12.0. The van der Waals surface area contributed by atoms with Crippen LogP contribution in [0.3, 0.4) is 0 Å². The quantitative estimate of drug-likeness (QED) is 0.299. The molecule has 0 heterocycles. The number of hydrogen-bond acceptors (Lipinski definition) is 5. The van der Waals surface area contributed by atoms with E-state index in [1.807, 2.05) is 26.0 Å². The number of hydrogen-bond donors (Lipinski definition) is 1. The maximum absolute atomic E-state index is 13.2. The maximum atomic E-state index is 13.2. The van der Waals surface area contributed by atoms with Gasteiger partial charge in [-0.1, -0.05) is 69.7 Å². The summed E-state index contributed by atoms with van der Waals surface area (Å²) in [5.41, 5.74) is 1.31. The monoisotopic (exact) mass is 446 g/mol. The number of ketones is 1. The smallest absolute Gasteiger partial charge is 0.338 e. The average molecular weight is 447 g/mol. The van der Waals surface area contributed by atoms with E-state index >= 15 is 0 Å². The van der Waals surface area contributed by atoms with Crippen LogP contribution in [0.4, 0.5) is 0 Å². The first-order chi connectivity index (χ1) is 14.3. The zero-order chi connectivity index (χ0) is 23.8. The predicted molar refractivity (Wildman–Crippen MR) is 128 cm³/mol. The minimum absolute atomic E-state index is 0.0257. The molecule has 6 heteroatoms. The van der Waals surface area contributed by atoms with Crippen molar-refractivity contribution in [1.29, 1.82) is 0 Å². The molecule has 0 aliphatic carbocycles. The largest absolute Gasteiger partial charge is 0.451 e. The molecule has 0 bridgehead atoms. The van der Waals surface area contributed by atoms with Gasteiger partial charge in [-0.05, 0) is 44.1 Å². The van der Waals surface area contributed by atoms with Crippen molar-refractivity contribution in [2.24, 2.45) is 5.92 Å². The zero-order valence-corrected chi connectivity index (χ0v) is 21.1. The van der Waals surface area contributed by atoms with E-state index in [2.05, 4.69) is 33.9 Å². The van der Waals surface area contributed by atoms with Crippen molar-refractivity contribution in [2.45, 2.75) is 71.9 Å². The lowest BCUT2D eigenvalue weighted by atomic mass is 9.95. The standard InChI is InChI=1S/C25H38O5Si/c1-18(13-12-16-26)17-22(30-31(7,8)25(4,5)6)19(2)23(27)20(3)29-24(28)21-14-10-9-11-15-21/h9-15,17,19-20,22,26H,16H2,1-8H3/b13-12+,18-17+/t19-,20+,22-/m1/s1. The molecule has 1 rings (SSSR count). The van der Waals surface area contributed by atoms with Crippen LogP contribution in [0.25, 0.3) is 0 Å². The van der Waals surface area contributed by atoms with Crippen LogP contribution in [-0.2, 0) is 14.0 Å². The van der Waals surface area contributed by atoms with Crippen LogP contribution in [0.5, 0.6) is 0 Å². The molecule has 0 aromatic heterocycles. The van der Waals surface area contributed by atoms with Crippen molar-refractivity contribution < 1.29 is 23.9 Å². The number of ether oxygens (including phenoxy) is 1. The van der Waals surface area contributed by atoms with E-state index in [0.717, 1.165) is 5.57 Å². The van der Waals surface area contributed by atoms with Crippen molar-refractivity contribution in [1.82, 2.24) is 0 Å². The molecule has 0 amide bonds. The fraction of sp³-hybridized carbons (Fsp3) is 0.520. The topological polar surface area (TPSA) is 72.8 Å². The minimum atomic E-state index is -2.17. The molecular formula is C25H38O5Si. The van der Waals surface area contributed by atoms with E-state index in [-0.39, 0.29) is 17.4 Å². The number of carbonyl (C=O) groups is 2. The van der Waals surface area contributed by atoms with Gasteiger partial charge >= 0.3 is 5.97 Å². The van der Waals surface area contributed by atoms with Gasteiger partial charge in [0, 0.05) is 5.92 Å². The molecule has 3 atom stereocenters. The Labute approximate surface area is 188 Å². The van der Waals surface area contributed by atoms with Crippen LogP contribution in [-0.4, -0.2) is 44.0 Å². The lowest BCUT2D eigenvalue weighted by molar-refractivity contribution is -0.132. The Morgan fingerprint density at radius 1 is 1.13 bits per heavy atom. The maximum Gasteiger partial charge on any atom is 0.338 e. The Bertz CT molecular complexity index is 790. The molecule has 1 aromatic rings. The summed E-state index contributed by atoms with van der Waals surface area (Å²) in [4.78, 5) is 25.5. The van der Waals surface area contributed by atoms with Crippen LogP contribution in [0.1, 0.15) is 51.9 Å². The second-order valence-electron chi connectivity index (χ2n) is 9.44. The van der Waals surface area contributed by atoms with Gasteiger partial charge in [0.1, 0.15) is 0 Å². The number of benzene rings is 1. The van der Waals surface area contributed by atoms with Crippen molar-refractivity contribution in [3.8, 4) is 0 Å². The van der Waals surface area contributed by atoms with Gasteiger partial charge in [-0.25, -0.2) is 4.79 Å². The molecule has 172 valence electrons. The Hall–Kier alpha value is -2.02. The van der Waals surface area contributed by atoms with Crippen molar-refractivity contribution in [3.63, 3.8) is 0 Å². The second kappa shape index (κ2) is 11.6. The summed E-state index contributed by atoms with van der Waals surface area (Å²) in [5.74, 6) is -1.22. The molecule has 0 radical (unpaired) electrons. The van der Waals surface area contributed by atoms with Gasteiger partial charge < -0.3 is 14.3 Å². The number of allylic oxidation sites excluding steroid dienone is 2. The number of Topliss-reactive ketones (excluding diaryl/α,β-unsaturated/α-hetero) is 1. The number of rotatable bonds is 10. The van der Waals surface area contributed by atoms with Crippen LogP contribution in [0.15, 0.2) is 54.1 Å². The van der Waals surface area contributed by atoms with Crippen LogP contribution < -0.4 is 0 Å². The molecule has 1 aromatic carbocycles. The van der Waals surface area contributed by atoms with E-state index in [1.165, 1.54) is 0 Å². The first-order valence-corrected chi connectivity index (χ1v) is 13.6. The highest BCUT2D eigenvalue weighted by atomic mass is 28.4. The fourth-order valence-electron chi connectivity index (χ4n) is 2.74. The highest BCUT2D eigenvalue weighted by molar-refractivity contribution is 6.74. The van der Waals surface area contributed by atoms with E-state index in [9.17, 15) is 9.59 Å². The van der Waals surface area contributed by atoms with Crippen LogP contribution in [0, 0.1) is 5.92 Å². The first kappa shape index (κ1) is 27.0. The average Bonchev–Trinajstić information content (AvgIpc) is 2.70. The Morgan fingerprint density at radius 3 is 2.23 bits per heavy atom. The molecule has 0 aliphatic rings. The lowest BCUT2D eigenvalue weighted by Crippen LogP contribution is -2.47. The first-order valence-electron chi connectivity index (χ1n) is 10.7. The van der Waals surface area contributed by atoms with E-state index < -0.39 is 32.4 Å². The summed E-state index contributed by atoms with van der Waals surface area (Å²) in [6.07, 6.45) is 4.01. The van der Waals surface area contributed by atoms with Gasteiger partial charge in [0.15, 0.2) is 20.2 Å². The van der Waals surface area contributed by atoms with E-state index in [0.29, 0.717) is 5.56 Å². The predicted octanol–water partition coefficient (Wildman–Crippen LogP) is 5.32. The molecule has 0 spiro atoms. The third kappa shape index (κ3) is 8.20. The molecule has 31 heavy (non-hydrogen) atoms. The van der Waals surface area contributed by atoms with Gasteiger partial charge in [-0.15, -0.1) is 0 Å². The molecular weight excluding hydrogens is 408 g/mol. The molecule has 0 aliphatic heterocycles. The number of aliphatic hydroxyl groups is 1. The summed E-state index contributed by atoms with van der Waals surface area (Å²) in [5, 5.41) is 9.02. The molecule has 5 nitrogen and oxygen atoms in total. The molecule has 0 fully saturated rings. The highest BCUT2D eigenvalue weighted by Gasteiger charge is 2.41. The summed E-state index contributed by atoms with van der Waals surface area (Å²) in [6, 6.07) is 8.64. The molecule has 0 saturated carbocycles. The van der Waals surface area contributed by atoms with Crippen LogP contribution >= 0.6 is 0 Å². The minimum Gasteiger partial charge on any atom is -0.451 e. The van der Waals surface area contributed by atoms with Gasteiger partial charge in [-0.2, -0.15) is 0 Å². The fourth-order valence-corrected chi connectivity index (χ4v) is 4.05. The molecule has 0 unspecified atom stereocenters. The van der Waals surface area contributed by atoms with E-state index in [1.54, 1.807) is 43.3 Å². The summed E-state index contributed by atoms with van der Waals surface area (Å²) in [6.45, 7) is 16.0. The summed E-state index contributed by atoms with van der Waals surface area (Å²) in [7, 11) is -2.17. The zero-order valence-electron chi connectivity index (χ0n) is 20.1. The third-order valence-corrected chi connectivity index (χ3v) is 10.3. The van der Waals surface area contributed by atoms with Crippen molar-refractivity contribution >= 4 is 20.1 Å². The third-order valence-electron chi connectivity index (χ3n) is 5.79. The number of aliphatic hydroxyl groups excluding tert-OH is 1. The Morgan fingerprint density at radius 2 is 1.71 bits per heavy atom. The Kier molecular flexibility index (Phi) is 10.1. The summed E-state index contributed by atoms with van der Waals surface area (Å²) >= 11 is 0. The number of esters is 1. The van der Waals surface area contributed by atoms with Crippen molar-refractivity contribution in [3.05, 3.63) is 59.7 Å². The van der Waals surface area contributed by atoms with Crippen molar-refractivity contribution in [2.75, 3.05) is 6.61 Å². The lowest BCUT2D eigenvalue weighted by Gasteiger charge is -2.40. The van der Waals surface area contributed by atoms with Crippen LogP contribution in [0.2, 0.25) is 18.1 Å². The van der Waals surface area contributed by atoms with Gasteiger partial charge in [0.25, 0.3) is 0 Å².